The van der Waals surface area contributed by atoms with E-state index >= 15 is 0 Å². The second-order valence-electron chi connectivity index (χ2n) is 5.20. The summed E-state index contributed by atoms with van der Waals surface area (Å²) in [6.45, 7) is 1.81. The highest BCUT2D eigenvalue weighted by Crippen LogP contribution is 2.39. The Morgan fingerprint density at radius 2 is 2.16 bits per heavy atom. The third kappa shape index (κ3) is 2.49. The molecule has 0 aliphatic carbocycles. The zero-order valence-corrected chi connectivity index (χ0v) is 11.4. The molecule has 0 amide bonds. The smallest absolute Gasteiger partial charge is 0.162 e. The molecule has 0 radical (unpaired) electrons. The summed E-state index contributed by atoms with van der Waals surface area (Å²) in [5, 5.41) is 19.6. The Morgan fingerprint density at radius 3 is 2.84 bits per heavy atom. The number of alkyl halides is 1. The van der Waals surface area contributed by atoms with Crippen molar-refractivity contribution in [2.24, 2.45) is 4.99 Å². The van der Waals surface area contributed by atoms with Crippen LogP contribution in [0.5, 0.6) is 0 Å². The minimum absolute atomic E-state index is 0.115. The van der Waals surface area contributed by atoms with E-state index in [9.17, 15) is 9.50 Å². The lowest BCUT2D eigenvalue weighted by molar-refractivity contribution is -0.136. The molecular weight excluding hydrogens is 271 g/mol. The highest BCUT2D eigenvalue weighted by molar-refractivity contribution is 8.14. The van der Waals surface area contributed by atoms with Crippen molar-refractivity contribution in [1.82, 2.24) is 4.90 Å². The first-order valence-corrected chi connectivity index (χ1v) is 7.66. The number of nitrogens with zero attached hydrogens (tertiary/aromatic N) is 2. The lowest BCUT2D eigenvalue weighted by Crippen LogP contribution is -2.52. The molecule has 0 aromatic carbocycles. The van der Waals surface area contributed by atoms with E-state index < -0.39 is 24.4 Å². The first-order chi connectivity index (χ1) is 9.20. The van der Waals surface area contributed by atoms with E-state index in [0.717, 1.165) is 31.1 Å². The van der Waals surface area contributed by atoms with Crippen molar-refractivity contribution < 1.29 is 19.3 Å². The summed E-state index contributed by atoms with van der Waals surface area (Å²) in [4.78, 5) is 6.56. The summed E-state index contributed by atoms with van der Waals surface area (Å²) in [5.41, 5.74) is -0.370. The topological polar surface area (TPSA) is 65.3 Å². The second-order valence-corrected chi connectivity index (χ2v) is 6.27. The zero-order valence-electron chi connectivity index (χ0n) is 10.6. The van der Waals surface area contributed by atoms with Crippen LogP contribution in [0, 0.1) is 0 Å². The van der Waals surface area contributed by atoms with E-state index in [2.05, 4.69) is 9.89 Å². The van der Waals surface area contributed by atoms with Gasteiger partial charge in [-0.15, -0.1) is 0 Å². The van der Waals surface area contributed by atoms with Gasteiger partial charge in [-0.1, -0.05) is 11.8 Å². The molecule has 3 aliphatic heterocycles. The molecule has 5 atom stereocenters. The number of fused-ring (bicyclic) bond motifs is 1. The number of hydrogen-bond donors (Lipinski definition) is 2. The third-order valence-corrected chi connectivity index (χ3v) is 5.09. The number of aliphatic hydroxyl groups is 2. The molecule has 0 spiro atoms. The molecule has 2 saturated heterocycles. The van der Waals surface area contributed by atoms with E-state index in [-0.39, 0.29) is 18.5 Å². The van der Waals surface area contributed by atoms with Crippen LogP contribution in [0.3, 0.4) is 0 Å². The number of ether oxygens (including phenoxy) is 1. The van der Waals surface area contributed by atoms with Crippen LogP contribution in [0.25, 0.3) is 0 Å². The highest BCUT2D eigenvalue weighted by Gasteiger charge is 2.49. The van der Waals surface area contributed by atoms with Gasteiger partial charge in [0.05, 0.1) is 6.10 Å². The van der Waals surface area contributed by atoms with Crippen LogP contribution in [0.2, 0.25) is 0 Å². The Hall–Kier alpha value is -0.370. The van der Waals surface area contributed by atoms with Crippen LogP contribution in [0.15, 0.2) is 4.99 Å². The van der Waals surface area contributed by atoms with E-state index in [1.165, 1.54) is 11.8 Å². The summed E-state index contributed by atoms with van der Waals surface area (Å²) in [6, 6.07) is -0.620. The van der Waals surface area contributed by atoms with Gasteiger partial charge >= 0.3 is 0 Å². The molecule has 2 N–H and O–H groups in total. The molecule has 108 valence electrons. The molecule has 3 aliphatic rings. The van der Waals surface area contributed by atoms with Crippen LogP contribution in [0.1, 0.15) is 19.3 Å². The monoisotopic (exact) mass is 290 g/mol. The standard InChI is InChI=1S/C12H19FN2O3S/c13-8-9-11(18-7(3-6-16)10(8)17)19-12(14-9)15-4-1-2-5-15/h7-11,16-17H,1-6H2/t7-,8+,9-,10-,11-/m1/s1. The number of aliphatic hydroxyl groups excluding tert-OH is 2. The molecule has 0 unspecified atom stereocenters. The van der Waals surface area contributed by atoms with Crippen LogP contribution in [0.4, 0.5) is 4.39 Å². The number of aliphatic imine (C=N–C) groups is 1. The molecule has 3 rings (SSSR count). The van der Waals surface area contributed by atoms with E-state index in [1.54, 1.807) is 0 Å². The van der Waals surface area contributed by atoms with Crippen molar-refractivity contribution in [2.75, 3.05) is 19.7 Å². The lowest BCUT2D eigenvalue weighted by atomic mass is 9.98. The Bertz CT molecular complexity index is 365. The normalized spacial score (nSPS) is 42.4. The average Bonchev–Trinajstić information content (AvgIpc) is 3.04. The van der Waals surface area contributed by atoms with Crippen molar-refractivity contribution in [3.05, 3.63) is 0 Å². The fraction of sp³-hybridized carbons (Fsp3) is 0.917. The summed E-state index contributed by atoms with van der Waals surface area (Å²) in [6.07, 6.45) is -0.708. The zero-order chi connectivity index (χ0) is 13.4. The molecule has 0 saturated carbocycles. The Kier molecular flexibility index (Phi) is 3.98. The number of thioether (sulfide) groups is 1. The SMILES string of the molecule is OCC[C@H]1O[C@@H]2SC(N3CCCC3)=N[C@@H]2[C@H](F)[C@@H]1O. The molecule has 5 nitrogen and oxygen atoms in total. The molecule has 19 heavy (non-hydrogen) atoms. The lowest BCUT2D eigenvalue weighted by Gasteiger charge is -2.36. The molecule has 0 bridgehead atoms. The van der Waals surface area contributed by atoms with Crippen molar-refractivity contribution >= 4 is 16.9 Å². The number of halogens is 1. The molecule has 3 heterocycles. The van der Waals surface area contributed by atoms with Gasteiger partial charge in [0.2, 0.25) is 0 Å². The van der Waals surface area contributed by atoms with Crippen LogP contribution in [-0.4, -0.2) is 69.8 Å². The van der Waals surface area contributed by atoms with Gasteiger partial charge < -0.3 is 19.8 Å². The molecule has 2 fully saturated rings. The summed E-state index contributed by atoms with van der Waals surface area (Å²) >= 11 is 1.45. The summed E-state index contributed by atoms with van der Waals surface area (Å²) in [5.74, 6) is 0. The maximum atomic E-state index is 14.2. The first kappa shape index (κ1) is 13.6. The summed E-state index contributed by atoms with van der Waals surface area (Å²) < 4.78 is 19.9. The quantitative estimate of drug-likeness (QED) is 0.769. The van der Waals surface area contributed by atoms with Crippen molar-refractivity contribution in [1.29, 1.82) is 0 Å². The molecular formula is C12H19FN2O3S. The van der Waals surface area contributed by atoms with E-state index in [0.29, 0.717) is 0 Å². The fourth-order valence-electron chi connectivity index (χ4n) is 2.81. The second kappa shape index (κ2) is 5.55. The Balaban J connectivity index is 1.71. The maximum Gasteiger partial charge on any atom is 0.162 e. The fourth-order valence-corrected chi connectivity index (χ4v) is 4.08. The largest absolute Gasteiger partial charge is 0.396 e. The number of rotatable bonds is 2. The van der Waals surface area contributed by atoms with Gasteiger partial charge in [-0.05, 0) is 19.3 Å². The van der Waals surface area contributed by atoms with Crippen molar-refractivity contribution in [3.8, 4) is 0 Å². The first-order valence-electron chi connectivity index (χ1n) is 6.78. The third-order valence-electron chi connectivity index (χ3n) is 3.89. The van der Waals surface area contributed by atoms with Gasteiger partial charge in [0.25, 0.3) is 0 Å². The van der Waals surface area contributed by atoms with Gasteiger partial charge in [0.1, 0.15) is 17.6 Å². The van der Waals surface area contributed by atoms with Gasteiger partial charge in [-0.2, -0.15) is 0 Å². The van der Waals surface area contributed by atoms with Crippen LogP contribution in [-0.2, 0) is 4.74 Å². The van der Waals surface area contributed by atoms with Gasteiger partial charge in [0.15, 0.2) is 11.3 Å². The number of amidine groups is 1. The predicted molar refractivity (Wildman–Crippen MR) is 70.9 cm³/mol. The Labute approximate surface area is 115 Å². The molecule has 0 aromatic rings. The summed E-state index contributed by atoms with van der Waals surface area (Å²) in [7, 11) is 0. The minimum Gasteiger partial charge on any atom is -0.396 e. The van der Waals surface area contributed by atoms with Crippen molar-refractivity contribution in [3.63, 3.8) is 0 Å². The van der Waals surface area contributed by atoms with E-state index in [1.807, 2.05) is 0 Å². The van der Waals surface area contributed by atoms with Gasteiger partial charge in [0, 0.05) is 19.7 Å². The van der Waals surface area contributed by atoms with Gasteiger partial charge in [-0.25, -0.2) is 4.39 Å². The predicted octanol–water partition coefficient (Wildman–Crippen LogP) is 0.360. The van der Waals surface area contributed by atoms with E-state index in [4.69, 9.17) is 9.84 Å². The van der Waals surface area contributed by atoms with Crippen LogP contribution < -0.4 is 0 Å². The minimum atomic E-state index is -1.41. The Morgan fingerprint density at radius 1 is 1.42 bits per heavy atom. The van der Waals surface area contributed by atoms with Crippen molar-refractivity contribution in [2.45, 2.75) is 49.1 Å². The molecule has 7 heteroatoms. The van der Waals surface area contributed by atoms with Gasteiger partial charge in [-0.3, -0.25) is 4.99 Å². The average molecular weight is 290 g/mol. The van der Waals surface area contributed by atoms with Crippen LogP contribution >= 0.6 is 11.8 Å². The highest BCUT2D eigenvalue weighted by atomic mass is 32.2. The number of likely N-dealkylation sites (tertiary alicyclic amines) is 1. The number of hydrogen-bond acceptors (Lipinski definition) is 6. The maximum absolute atomic E-state index is 14.2. The molecule has 0 aromatic heterocycles.